The van der Waals surface area contributed by atoms with Crippen LogP contribution in [0.2, 0.25) is 0 Å². The molecule has 0 unspecified atom stereocenters. The van der Waals surface area contributed by atoms with Crippen LogP contribution in [0.3, 0.4) is 0 Å². The van der Waals surface area contributed by atoms with Crippen LogP contribution in [-0.4, -0.2) is 17.9 Å². The number of halogens is 2. The predicted molar refractivity (Wildman–Crippen MR) is 69.1 cm³/mol. The third-order valence-electron chi connectivity index (χ3n) is 2.88. The maximum atomic E-state index is 12.6. The van der Waals surface area contributed by atoms with Crippen LogP contribution in [0, 0.1) is 13.8 Å². The molecule has 0 radical (unpaired) electrons. The molecule has 1 fully saturated rings. The van der Waals surface area contributed by atoms with Crippen LogP contribution >= 0.6 is 0 Å². The van der Waals surface area contributed by atoms with Gasteiger partial charge in [0.15, 0.2) is 5.96 Å². The first-order valence-corrected chi connectivity index (χ1v) is 5.90. The topological polar surface area (TPSA) is 50.4 Å². The molecule has 0 spiro atoms. The molecule has 0 aliphatic heterocycles. The highest BCUT2D eigenvalue weighted by molar-refractivity contribution is 5.92. The van der Waals surface area contributed by atoms with Gasteiger partial charge in [0.1, 0.15) is 0 Å². The molecule has 2 rings (SSSR count). The van der Waals surface area contributed by atoms with Crippen molar-refractivity contribution in [3.63, 3.8) is 0 Å². The van der Waals surface area contributed by atoms with E-state index in [1.54, 1.807) is 0 Å². The number of nitrogens with two attached hydrogens (primary N) is 1. The molecule has 1 aliphatic rings. The smallest absolute Gasteiger partial charge is 0.252 e. The van der Waals surface area contributed by atoms with Crippen molar-refractivity contribution >= 4 is 11.6 Å². The third kappa shape index (κ3) is 3.18. The molecule has 3 N–H and O–H groups in total. The first-order chi connectivity index (χ1) is 8.34. The molecule has 1 aliphatic carbocycles. The summed E-state index contributed by atoms with van der Waals surface area (Å²) in [6.45, 7) is 3.97. The Morgan fingerprint density at radius 2 is 1.83 bits per heavy atom. The zero-order valence-corrected chi connectivity index (χ0v) is 10.5. The van der Waals surface area contributed by atoms with Crippen LogP contribution in [0.5, 0.6) is 0 Å². The molecule has 0 amide bonds. The van der Waals surface area contributed by atoms with E-state index in [4.69, 9.17) is 5.73 Å². The molecule has 1 aromatic rings. The van der Waals surface area contributed by atoms with Crippen LogP contribution in [0.25, 0.3) is 0 Å². The summed E-state index contributed by atoms with van der Waals surface area (Å²) in [6.07, 6.45) is -0.412. The summed E-state index contributed by atoms with van der Waals surface area (Å²) >= 11 is 0. The first kappa shape index (κ1) is 12.8. The van der Waals surface area contributed by atoms with Gasteiger partial charge >= 0.3 is 0 Å². The number of rotatable bonds is 2. The number of aliphatic imine (C=N–C) groups is 1. The van der Waals surface area contributed by atoms with Gasteiger partial charge in [-0.2, -0.15) is 0 Å². The fraction of sp³-hybridized carbons (Fsp3) is 0.462. The standard InChI is InChI=1S/C13H17F2N3/c1-8-3-9(2)5-10(4-8)17-12(16)18-11-6-13(14,15)7-11/h3-5,11H,6-7H2,1-2H3,(H3,16,17,18). The summed E-state index contributed by atoms with van der Waals surface area (Å²) in [6, 6.07) is 5.55. The monoisotopic (exact) mass is 253 g/mol. The van der Waals surface area contributed by atoms with Crippen molar-refractivity contribution in [1.29, 1.82) is 0 Å². The SMILES string of the molecule is Cc1cc(C)cc(NC(N)=NC2CC(F)(F)C2)c1. The average Bonchev–Trinajstić information content (AvgIpc) is 2.11. The second-order valence-corrected chi connectivity index (χ2v) is 4.93. The highest BCUT2D eigenvalue weighted by Crippen LogP contribution is 2.39. The van der Waals surface area contributed by atoms with Crippen molar-refractivity contribution < 1.29 is 8.78 Å². The summed E-state index contributed by atoms with van der Waals surface area (Å²) < 4.78 is 25.3. The lowest BCUT2D eigenvalue weighted by molar-refractivity contribution is -0.0834. The van der Waals surface area contributed by atoms with Gasteiger partial charge in [0.05, 0.1) is 6.04 Å². The van der Waals surface area contributed by atoms with Gasteiger partial charge in [-0.25, -0.2) is 13.8 Å². The quantitative estimate of drug-likeness (QED) is 0.629. The molecule has 98 valence electrons. The molecule has 5 heteroatoms. The minimum absolute atomic E-state index is 0.195. The van der Waals surface area contributed by atoms with Crippen LogP contribution in [-0.2, 0) is 0 Å². The molecule has 3 nitrogen and oxygen atoms in total. The Balaban J connectivity index is 1.99. The van der Waals surface area contributed by atoms with E-state index < -0.39 is 5.92 Å². The maximum absolute atomic E-state index is 12.6. The zero-order valence-electron chi connectivity index (χ0n) is 10.5. The van der Waals surface area contributed by atoms with E-state index in [2.05, 4.69) is 10.3 Å². The van der Waals surface area contributed by atoms with Gasteiger partial charge in [-0.3, -0.25) is 0 Å². The van der Waals surface area contributed by atoms with E-state index in [1.807, 2.05) is 32.0 Å². The average molecular weight is 253 g/mol. The van der Waals surface area contributed by atoms with Gasteiger partial charge in [0.25, 0.3) is 5.92 Å². The van der Waals surface area contributed by atoms with Crippen molar-refractivity contribution in [2.45, 2.75) is 38.7 Å². The van der Waals surface area contributed by atoms with E-state index >= 15 is 0 Å². The van der Waals surface area contributed by atoms with Crippen LogP contribution in [0.4, 0.5) is 14.5 Å². The van der Waals surface area contributed by atoms with E-state index in [1.165, 1.54) is 0 Å². The molecule has 0 atom stereocenters. The normalized spacial score (nSPS) is 19.4. The summed E-state index contributed by atoms with van der Waals surface area (Å²) in [5.74, 6) is -2.37. The van der Waals surface area contributed by atoms with Crippen LogP contribution in [0.15, 0.2) is 23.2 Å². The fourth-order valence-corrected chi connectivity index (χ4v) is 2.14. The van der Waals surface area contributed by atoms with Crippen molar-refractivity contribution in [2.75, 3.05) is 5.32 Å². The van der Waals surface area contributed by atoms with Crippen molar-refractivity contribution in [1.82, 2.24) is 0 Å². The molecule has 0 heterocycles. The Bertz CT molecular complexity index is 455. The van der Waals surface area contributed by atoms with Gasteiger partial charge < -0.3 is 11.1 Å². The number of nitrogens with one attached hydrogen (secondary N) is 1. The number of anilines is 1. The summed E-state index contributed by atoms with van der Waals surface area (Å²) in [7, 11) is 0. The van der Waals surface area contributed by atoms with Crippen LogP contribution < -0.4 is 11.1 Å². The number of aryl methyl sites for hydroxylation is 2. The molecule has 1 saturated carbocycles. The lowest BCUT2D eigenvalue weighted by Gasteiger charge is -2.32. The predicted octanol–water partition coefficient (Wildman–Crippen LogP) is 2.83. The summed E-state index contributed by atoms with van der Waals surface area (Å²) in [5, 5.41) is 2.93. The number of hydrogen-bond acceptors (Lipinski definition) is 1. The molecule has 18 heavy (non-hydrogen) atoms. The highest BCUT2D eigenvalue weighted by atomic mass is 19.3. The number of alkyl halides is 2. The lowest BCUT2D eigenvalue weighted by Crippen LogP contribution is -2.40. The Morgan fingerprint density at radius 1 is 1.28 bits per heavy atom. The Hall–Kier alpha value is -1.65. The summed E-state index contributed by atoms with van der Waals surface area (Å²) in [5.41, 5.74) is 8.76. The minimum Gasteiger partial charge on any atom is -0.370 e. The molecular weight excluding hydrogens is 236 g/mol. The largest absolute Gasteiger partial charge is 0.370 e. The lowest BCUT2D eigenvalue weighted by atomic mass is 9.89. The Kier molecular flexibility index (Phi) is 3.24. The van der Waals surface area contributed by atoms with E-state index in [0.29, 0.717) is 0 Å². The number of guanidine groups is 1. The van der Waals surface area contributed by atoms with Crippen molar-refractivity contribution in [3.05, 3.63) is 29.3 Å². The maximum Gasteiger partial charge on any atom is 0.252 e. The second-order valence-electron chi connectivity index (χ2n) is 4.93. The van der Waals surface area contributed by atoms with E-state index in [9.17, 15) is 8.78 Å². The number of nitrogens with zero attached hydrogens (tertiary/aromatic N) is 1. The fourth-order valence-electron chi connectivity index (χ4n) is 2.14. The van der Waals surface area contributed by atoms with Gasteiger partial charge in [-0.05, 0) is 37.1 Å². The van der Waals surface area contributed by atoms with E-state index in [0.717, 1.165) is 16.8 Å². The Morgan fingerprint density at radius 3 is 2.33 bits per heavy atom. The van der Waals surface area contributed by atoms with Gasteiger partial charge in [-0.1, -0.05) is 6.07 Å². The zero-order chi connectivity index (χ0) is 13.3. The molecule has 1 aromatic carbocycles. The first-order valence-electron chi connectivity index (χ1n) is 5.90. The second kappa shape index (κ2) is 4.55. The highest BCUT2D eigenvalue weighted by Gasteiger charge is 2.45. The van der Waals surface area contributed by atoms with Gasteiger partial charge in [0, 0.05) is 18.5 Å². The summed E-state index contributed by atoms with van der Waals surface area (Å²) in [4.78, 5) is 4.04. The van der Waals surface area contributed by atoms with Gasteiger partial charge in [0.2, 0.25) is 0 Å². The number of benzene rings is 1. The van der Waals surface area contributed by atoms with Gasteiger partial charge in [-0.15, -0.1) is 0 Å². The molecule has 0 bridgehead atoms. The van der Waals surface area contributed by atoms with Crippen molar-refractivity contribution in [3.8, 4) is 0 Å². The molecular formula is C13H17F2N3. The third-order valence-corrected chi connectivity index (χ3v) is 2.88. The number of hydrogen-bond donors (Lipinski definition) is 2. The minimum atomic E-state index is -2.56. The Labute approximate surface area is 105 Å². The van der Waals surface area contributed by atoms with E-state index in [-0.39, 0.29) is 24.8 Å². The molecule has 0 saturated heterocycles. The molecule has 0 aromatic heterocycles. The van der Waals surface area contributed by atoms with Crippen LogP contribution in [0.1, 0.15) is 24.0 Å². The van der Waals surface area contributed by atoms with Crippen molar-refractivity contribution in [2.24, 2.45) is 10.7 Å².